The fourth-order valence-electron chi connectivity index (χ4n) is 2.98. The number of piperidine rings is 1. The third kappa shape index (κ3) is 2.80. The van der Waals surface area contributed by atoms with Crippen molar-refractivity contribution in [2.24, 2.45) is 0 Å². The van der Waals surface area contributed by atoms with E-state index in [4.69, 9.17) is 4.74 Å². The number of carbonyl (C=O) groups is 1. The van der Waals surface area contributed by atoms with Crippen molar-refractivity contribution in [1.82, 2.24) is 10.6 Å². The standard InChI is InChI=1S/C16H22N2O2/c1-16(2)9-12-8-11(5-6-14(12)20-16)10-18-13-4-3-7-17-15(13)19/h5-6,8,13,18H,3-4,7,9-10H2,1-2H3,(H,17,19). The summed E-state index contributed by atoms with van der Waals surface area (Å²) in [7, 11) is 0. The lowest BCUT2D eigenvalue weighted by atomic mass is 10.00. The molecule has 1 aromatic rings. The highest BCUT2D eigenvalue weighted by Gasteiger charge is 2.30. The van der Waals surface area contributed by atoms with Gasteiger partial charge in [-0.15, -0.1) is 0 Å². The van der Waals surface area contributed by atoms with Crippen molar-refractivity contribution < 1.29 is 9.53 Å². The van der Waals surface area contributed by atoms with Crippen LogP contribution in [0.5, 0.6) is 5.75 Å². The maximum Gasteiger partial charge on any atom is 0.237 e. The first-order valence-electron chi connectivity index (χ1n) is 7.35. The number of hydrogen-bond acceptors (Lipinski definition) is 3. The molecular weight excluding hydrogens is 252 g/mol. The predicted molar refractivity (Wildman–Crippen MR) is 77.7 cm³/mol. The van der Waals surface area contributed by atoms with E-state index < -0.39 is 0 Å². The minimum atomic E-state index is -0.0996. The summed E-state index contributed by atoms with van der Waals surface area (Å²) in [6, 6.07) is 6.26. The van der Waals surface area contributed by atoms with E-state index in [-0.39, 0.29) is 17.6 Å². The molecule has 2 heterocycles. The van der Waals surface area contributed by atoms with E-state index in [2.05, 4.69) is 36.6 Å². The number of ether oxygens (including phenoxy) is 1. The summed E-state index contributed by atoms with van der Waals surface area (Å²) >= 11 is 0. The molecular formula is C16H22N2O2. The second kappa shape index (κ2) is 5.09. The fraction of sp³-hybridized carbons (Fsp3) is 0.562. The monoisotopic (exact) mass is 274 g/mol. The molecule has 1 aromatic carbocycles. The van der Waals surface area contributed by atoms with Crippen molar-refractivity contribution in [2.45, 2.75) is 51.3 Å². The molecule has 1 amide bonds. The molecule has 2 N–H and O–H groups in total. The van der Waals surface area contributed by atoms with Gasteiger partial charge in [-0.3, -0.25) is 4.79 Å². The van der Waals surface area contributed by atoms with Crippen molar-refractivity contribution in [3.8, 4) is 5.75 Å². The summed E-state index contributed by atoms with van der Waals surface area (Å²) in [6.45, 7) is 5.75. The number of carbonyl (C=O) groups excluding carboxylic acids is 1. The van der Waals surface area contributed by atoms with Crippen LogP contribution >= 0.6 is 0 Å². The number of nitrogens with one attached hydrogen (secondary N) is 2. The highest BCUT2D eigenvalue weighted by atomic mass is 16.5. The Hall–Kier alpha value is -1.55. The van der Waals surface area contributed by atoms with Crippen LogP contribution in [-0.2, 0) is 17.8 Å². The van der Waals surface area contributed by atoms with Gasteiger partial charge in [-0.25, -0.2) is 0 Å². The number of hydrogen-bond donors (Lipinski definition) is 2. The average Bonchev–Trinajstić information content (AvgIpc) is 2.71. The van der Waals surface area contributed by atoms with Crippen molar-refractivity contribution in [2.75, 3.05) is 6.54 Å². The molecule has 20 heavy (non-hydrogen) atoms. The van der Waals surface area contributed by atoms with E-state index in [9.17, 15) is 4.79 Å². The number of rotatable bonds is 3. The summed E-state index contributed by atoms with van der Waals surface area (Å²) < 4.78 is 5.88. The molecule has 4 nitrogen and oxygen atoms in total. The van der Waals surface area contributed by atoms with E-state index in [0.29, 0.717) is 0 Å². The fourth-order valence-corrected chi connectivity index (χ4v) is 2.98. The molecule has 0 bridgehead atoms. The van der Waals surface area contributed by atoms with Crippen LogP contribution in [-0.4, -0.2) is 24.1 Å². The Labute approximate surface area is 119 Å². The van der Waals surface area contributed by atoms with Gasteiger partial charge >= 0.3 is 0 Å². The Morgan fingerprint density at radius 2 is 2.30 bits per heavy atom. The van der Waals surface area contributed by atoms with Gasteiger partial charge in [0, 0.05) is 19.5 Å². The molecule has 2 aliphatic heterocycles. The van der Waals surface area contributed by atoms with Gasteiger partial charge in [-0.05, 0) is 43.9 Å². The second-order valence-corrected chi connectivity index (χ2v) is 6.35. The minimum absolute atomic E-state index is 0.0512. The summed E-state index contributed by atoms with van der Waals surface area (Å²) in [6.07, 6.45) is 2.92. The molecule has 1 fully saturated rings. The molecule has 1 saturated heterocycles. The van der Waals surface area contributed by atoms with Gasteiger partial charge in [-0.2, -0.15) is 0 Å². The van der Waals surface area contributed by atoms with Gasteiger partial charge in [0.2, 0.25) is 5.91 Å². The lowest BCUT2D eigenvalue weighted by Gasteiger charge is -2.22. The van der Waals surface area contributed by atoms with E-state index in [0.717, 1.165) is 38.1 Å². The van der Waals surface area contributed by atoms with Crippen molar-refractivity contribution in [3.63, 3.8) is 0 Å². The van der Waals surface area contributed by atoms with E-state index in [1.807, 2.05) is 6.07 Å². The third-order valence-electron chi connectivity index (χ3n) is 3.97. The van der Waals surface area contributed by atoms with Gasteiger partial charge in [0.05, 0.1) is 6.04 Å². The van der Waals surface area contributed by atoms with E-state index in [1.165, 1.54) is 11.1 Å². The molecule has 108 valence electrons. The van der Waals surface area contributed by atoms with Gasteiger partial charge in [0.25, 0.3) is 0 Å². The lowest BCUT2D eigenvalue weighted by Crippen LogP contribution is -2.47. The van der Waals surface area contributed by atoms with Gasteiger partial charge in [0.1, 0.15) is 11.4 Å². The molecule has 4 heteroatoms. The van der Waals surface area contributed by atoms with Crippen LogP contribution < -0.4 is 15.4 Å². The SMILES string of the molecule is CC1(C)Cc2cc(CNC3CCCNC3=O)ccc2O1. The molecule has 0 spiro atoms. The maximum absolute atomic E-state index is 11.7. The number of fused-ring (bicyclic) bond motifs is 1. The molecule has 0 saturated carbocycles. The first kappa shape index (κ1) is 13.4. The Balaban J connectivity index is 1.63. The molecule has 3 rings (SSSR count). The summed E-state index contributed by atoms with van der Waals surface area (Å²) in [5, 5.41) is 6.25. The van der Waals surface area contributed by atoms with Crippen molar-refractivity contribution in [1.29, 1.82) is 0 Å². The van der Waals surface area contributed by atoms with Crippen LogP contribution in [0.2, 0.25) is 0 Å². The van der Waals surface area contributed by atoms with Gasteiger partial charge < -0.3 is 15.4 Å². The minimum Gasteiger partial charge on any atom is -0.487 e. The molecule has 0 aromatic heterocycles. The Morgan fingerprint density at radius 1 is 1.45 bits per heavy atom. The van der Waals surface area contributed by atoms with Crippen LogP contribution in [0, 0.1) is 0 Å². The summed E-state index contributed by atoms with van der Waals surface area (Å²) in [5.41, 5.74) is 2.38. The van der Waals surface area contributed by atoms with Crippen LogP contribution in [0.25, 0.3) is 0 Å². The Kier molecular flexibility index (Phi) is 3.42. The molecule has 1 atom stereocenters. The molecule has 1 unspecified atom stereocenters. The smallest absolute Gasteiger partial charge is 0.237 e. The normalized spacial score (nSPS) is 23.9. The van der Waals surface area contributed by atoms with Crippen LogP contribution in [0.3, 0.4) is 0 Å². The Bertz CT molecular complexity index is 525. The van der Waals surface area contributed by atoms with Gasteiger partial charge in [-0.1, -0.05) is 12.1 Å². The molecule has 0 aliphatic carbocycles. The quantitative estimate of drug-likeness (QED) is 0.883. The van der Waals surface area contributed by atoms with E-state index >= 15 is 0 Å². The molecule has 0 radical (unpaired) electrons. The average molecular weight is 274 g/mol. The second-order valence-electron chi connectivity index (χ2n) is 6.35. The Morgan fingerprint density at radius 3 is 3.10 bits per heavy atom. The maximum atomic E-state index is 11.7. The highest BCUT2D eigenvalue weighted by molar-refractivity contribution is 5.82. The first-order chi connectivity index (χ1) is 9.53. The van der Waals surface area contributed by atoms with E-state index in [1.54, 1.807) is 0 Å². The van der Waals surface area contributed by atoms with Crippen molar-refractivity contribution >= 4 is 5.91 Å². The number of amides is 1. The molecule has 2 aliphatic rings. The summed E-state index contributed by atoms with van der Waals surface area (Å²) in [5.74, 6) is 1.12. The lowest BCUT2D eigenvalue weighted by molar-refractivity contribution is -0.124. The summed E-state index contributed by atoms with van der Waals surface area (Å²) in [4.78, 5) is 11.7. The van der Waals surface area contributed by atoms with Crippen LogP contribution in [0.1, 0.15) is 37.8 Å². The highest BCUT2D eigenvalue weighted by Crippen LogP contribution is 2.35. The van der Waals surface area contributed by atoms with Gasteiger partial charge in [0.15, 0.2) is 0 Å². The predicted octanol–water partition coefficient (Wildman–Crippen LogP) is 1.77. The topological polar surface area (TPSA) is 50.4 Å². The zero-order chi connectivity index (χ0) is 14.2. The zero-order valence-electron chi connectivity index (χ0n) is 12.2. The first-order valence-corrected chi connectivity index (χ1v) is 7.35. The number of benzene rings is 1. The van der Waals surface area contributed by atoms with Crippen molar-refractivity contribution in [3.05, 3.63) is 29.3 Å². The van der Waals surface area contributed by atoms with Crippen LogP contribution in [0.15, 0.2) is 18.2 Å². The largest absolute Gasteiger partial charge is 0.487 e. The van der Waals surface area contributed by atoms with Crippen LogP contribution in [0.4, 0.5) is 0 Å². The zero-order valence-corrected chi connectivity index (χ0v) is 12.2. The third-order valence-corrected chi connectivity index (χ3v) is 3.97.